The summed E-state index contributed by atoms with van der Waals surface area (Å²) in [6.45, 7) is 0.0352. The minimum Gasteiger partial charge on any atom is -0.491 e. The fourth-order valence-corrected chi connectivity index (χ4v) is 1.51. The van der Waals surface area contributed by atoms with E-state index < -0.39 is 12.0 Å². The molecule has 0 radical (unpaired) electrons. The van der Waals surface area contributed by atoms with Crippen molar-refractivity contribution < 1.29 is 25.0 Å². The van der Waals surface area contributed by atoms with Gasteiger partial charge in [-0.15, -0.1) is 0 Å². The molecule has 0 aliphatic rings. The van der Waals surface area contributed by atoms with Crippen LogP contribution in [0.1, 0.15) is 18.1 Å². The average molecular weight is 267 g/mol. The Hall–Kier alpha value is -1.89. The zero-order valence-corrected chi connectivity index (χ0v) is 10.3. The van der Waals surface area contributed by atoms with E-state index in [0.29, 0.717) is 11.3 Å². The van der Waals surface area contributed by atoms with E-state index in [-0.39, 0.29) is 19.6 Å². The summed E-state index contributed by atoms with van der Waals surface area (Å²) in [6.07, 6.45) is 1.93. The molecule has 0 aliphatic heterocycles. The first-order valence-electron chi connectivity index (χ1n) is 5.80. The van der Waals surface area contributed by atoms with Gasteiger partial charge in [0.25, 0.3) is 5.91 Å². The van der Waals surface area contributed by atoms with Crippen LogP contribution in [-0.2, 0) is 4.79 Å². The molecule has 6 heteroatoms. The summed E-state index contributed by atoms with van der Waals surface area (Å²) in [6, 6.07) is 6.92. The van der Waals surface area contributed by atoms with Crippen LogP contribution in [0.25, 0.3) is 0 Å². The summed E-state index contributed by atoms with van der Waals surface area (Å²) >= 11 is 0. The van der Waals surface area contributed by atoms with Gasteiger partial charge >= 0.3 is 0 Å². The lowest BCUT2D eigenvalue weighted by Gasteiger charge is -2.14. The van der Waals surface area contributed by atoms with Gasteiger partial charge in [-0.05, 0) is 12.5 Å². The average Bonchev–Trinajstić information content (AvgIpc) is 2.45. The fraction of sp³-hybridized carbons (Fsp3) is 0.308. The van der Waals surface area contributed by atoms with Crippen LogP contribution < -0.4 is 10.2 Å². The van der Waals surface area contributed by atoms with Crippen molar-refractivity contribution >= 4 is 5.91 Å². The molecular formula is C13H17NO5. The van der Waals surface area contributed by atoms with Crippen LogP contribution in [0.5, 0.6) is 5.75 Å². The van der Waals surface area contributed by atoms with Crippen molar-refractivity contribution in [3.63, 3.8) is 0 Å². The van der Waals surface area contributed by atoms with Crippen molar-refractivity contribution in [1.82, 2.24) is 5.48 Å². The molecule has 0 unspecified atom stereocenters. The maximum Gasteiger partial charge on any atom is 0.267 e. The fourth-order valence-electron chi connectivity index (χ4n) is 1.51. The third-order valence-electron chi connectivity index (χ3n) is 2.37. The summed E-state index contributed by atoms with van der Waals surface area (Å²) < 4.78 is 5.30. The molecule has 0 bridgehead atoms. The molecule has 0 spiro atoms. The van der Waals surface area contributed by atoms with E-state index in [0.717, 1.165) is 6.08 Å². The van der Waals surface area contributed by atoms with Gasteiger partial charge in [-0.3, -0.25) is 10.0 Å². The molecule has 1 atom stereocenters. The second-order valence-electron chi connectivity index (χ2n) is 3.74. The Bertz CT molecular complexity index is 433. The molecule has 0 heterocycles. The summed E-state index contributed by atoms with van der Waals surface area (Å²) in [5, 5.41) is 27.0. The van der Waals surface area contributed by atoms with Crippen molar-refractivity contribution in [2.45, 2.75) is 12.5 Å². The van der Waals surface area contributed by atoms with Gasteiger partial charge in [-0.1, -0.05) is 24.3 Å². The zero-order chi connectivity index (χ0) is 14.1. The smallest absolute Gasteiger partial charge is 0.267 e. The Kier molecular flexibility index (Phi) is 6.59. The normalized spacial score (nSPS) is 12.4. The Morgan fingerprint density at radius 3 is 2.84 bits per heavy atom. The van der Waals surface area contributed by atoms with Crippen LogP contribution in [-0.4, -0.2) is 34.5 Å². The molecule has 0 saturated carbocycles. The predicted octanol–water partition coefficient (Wildman–Crippen LogP) is 0.543. The van der Waals surface area contributed by atoms with Gasteiger partial charge in [0.15, 0.2) is 0 Å². The van der Waals surface area contributed by atoms with E-state index in [1.807, 2.05) is 0 Å². The van der Waals surface area contributed by atoms with Crippen molar-refractivity contribution in [3.05, 3.63) is 42.0 Å². The highest BCUT2D eigenvalue weighted by atomic mass is 16.5. The van der Waals surface area contributed by atoms with Gasteiger partial charge in [-0.25, -0.2) is 5.48 Å². The van der Waals surface area contributed by atoms with Crippen molar-refractivity contribution in [3.8, 4) is 5.75 Å². The summed E-state index contributed by atoms with van der Waals surface area (Å²) in [7, 11) is 0. The van der Waals surface area contributed by atoms with E-state index in [1.54, 1.807) is 24.3 Å². The number of benzene rings is 1. The van der Waals surface area contributed by atoms with Gasteiger partial charge in [0, 0.05) is 11.6 Å². The number of hydroxylamine groups is 1. The summed E-state index contributed by atoms with van der Waals surface area (Å²) in [5.74, 6) is -0.166. The highest BCUT2D eigenvalue weighted by Crippen LogP contribution is 2.27. The second kappa shape index (κ2) is 8.25. The maximum absolute atomic E-state index is 10.8. The first-order chi connectivity index (χ1) is 9.19. The first-order valence-corrected chi connectivity index (χ1v) is 5.80. The molecule has 0 fully saturated rings. The number of para-hydroxylation sites is 1. The molecule has 0 saturated heterocycles. The van der Waals surface area contributed by atoms with E-state index in [9.17, 15) is 9.90 Å². The van der Waals surface area contributed by atoms with Crippen molar-refractivity contribution in [1.29, 1.82) is 0 Å². The van der Waals surface area contributed by atoms with Gasteiger partial charge in [0.1, 0.15) is 12.4 Å². The molecule has 6 nitrogen and oxygen atoms in total. The van der Waals surface area contributed by atoms with Gasteiger partial charge in [0.05, 0.1) is 12.7 Å². The number of rotatable bonds is 7. The quantitative estimate of drug-likeness (QED) is 0.328. The number of carbonyl (C=O) groups is 1. The van der Waals surface area contributed by atoms with E-state index in [1.165, 1.54) is 11.6 Å². The number of aliphatic hydroxyl groups excluding tert-OH is 2. The molecule has 4 N–H and O–H groups in total. The minimum atomic E-state index is -0.836. The van der Waals surface area contributed by atoms with Crippen molar-refractivity contribution in [2.24, 2.45) is 0 Å². The number of ether oxygens (including phenoxy) is 1. The molecular weight excluding hydrogens is 250 g/mol. The molecule has 0 aromatic heterocycles. The molecule has 1 rings (SSSR count). The van der Waals surface area contributed by atoms with Crippen LogP contribution in [0, 0.1) is 0 Å². The first kappa shape index (κ1) is 15.2. The van der Waals surface area contributed by atoms with Crippen molar-refractivity contribution in [2.75, 3.05) is 13.2 Å². The molecule has 1 amide bonds. The largest absolute Gasteiger partial charge is 0.491 e. The van der Waals surface area contributed by atoms with Crippen LogP contribution in [0.4, 0.5) is 0 Å². The number of amides is 1. The molecule has 104 valence electrons. The van der Waals surface area contributed by atoms with Crippen LogP contribution in [0.15, 0.2) is 36.4 Å². The van der Waals surface area contributed by atoms with Gasteiger partial charge < -0.3 is 14.9 Å². The number of aliphatic hydroxyl groups is 2. The van der Waals surface area contributed by atoms with E-state index in [2.05, 4.69) is 0 Å². The predicted molar refractivity (Wildman–Crippen MR) is 67.7 cm³/mol. The number of hydrogen-bond donors (Lipinski definition) is 4. The highest BCUT2D eigenvalue weighted by molar-refractivity contribution is 5.86. The Morgan fingerprint density at radius 2 is 2.16 bits per heavy atom. The topological polar surface area (TPSA) is 99.0 Å². The van der Waals surface area contributed by atoms with E-state index in [4.69, 9.17) is 15.1 Å². The molecule has 0 aliphatic carbocycles. The van der Waals surface area contributed by atoms with Gasteiger partial charge in [-0.2, -0.15) is 0 Å². The Morgan fingerprint density at radius 1 is 1.42 bits per heavy atom. The second-order valence-corrected chi connectivity index (χ2v) is 3.74. The Labute approximate surface area is 110 Å². The monoisotopic (exact) mass is 267 g/mol. The highest BCUT2D eigenvalue weighted by Gasteiger charge is 2.11. The van der Waals surface area contributed by atoms with Crippen LogP contribution in [0.2, 0.25) is 0 Å². The van der Waals surface area contributed by atoms with Gasteiger partial charge in [0.2, 0.25) is 0 Å². The lowest BCUT2D eigenvalue weighted by atomic mass is 10.1. The zero-order valence-electron chi connectivity index (χ0n) is 10.3. The number of carbonyl (C=O) groups excluding carboxylic acids is 1. The number of hydrogen-bond acceptors (Lipinski definition) is 5. The maximum atomic E-state index is 10.8. The van der Waals surface area contributed by atoms with Crippen LogP contribution in [0.3, 0.4) is 0 Å². The third-order valence-corrected chi connectivity index (χ3v) is 2.37. The lowest BCUT2D eigenvalue weighted by molar-refractivity contribution is -0.124. The third kappa shape index (κ3) is 5.09. The molecule has 19 heavy (non-hydrogen) atoms. The molecule has 1 aromatic carbocycles. The standard InChI is InChI=1S/C13H17NO5/c15-8-9-19-12-6-2-1-4-10(12)11(16)5-3-7-13(17)14-18/h1-4,6-7,11,15-16,18H,5,8-9H2,(H,14,17)/b7-3+/t11-/m1/s1. The summed E-state index contributed by atoms with van der Waals surface area (Å²) in [4.78, 5) is 10.8. The lowest BCUT2D eigenvalue weighted by Crippen LogP contribution is -2.15. The van der Waals surface area contributed by atoms with Crippen LogP contribution >= 0.6 is 0 Å². The SMILES string of the molecule is O=C(/C=C/C[C@@H](O)c1ccccc1OCCO)NO. The molecule has 1 aromatic rings. The Balaban J connectivity index is 2.67. The number of nitrogens with one attached hydrogen (secondary N) is 1. The van der Waals surface area contributed by atoms with E-state index >= 15 is 0 Å². The minimum absolute atomic E-state index is 0.110. The summed E-state index contributed by atoms with van der Waals surface area (Å²) in [5.41, 5.74) is 2.03.